The van der Waals surface area contributed by atoms with E-state index in [4.69, 9.17) is 0 Å². The lowest BCUT2D eigenvalue weighted by Gasteiger charge is -2.04. The van der Waals surface area contributed by atoms with Gasteiger partial charge in [-0.05, 0) is 28.8 Å². The molecule has 0 aliphatic carbocycles. The van der Waals surface area contributed by atoms with Crippen LogP contribution in [0.25, 0.3) is 10.8 Å². The van der Waals surface area contributed by atoms with Crippen molar-refractivity contribution in [3.8, 4) is 5.75 Å². The number of H-pyrrole nitrogens is 1. The van der Waals surface area contributed by atoms with E-state index in [1.165, 1.54) is 6.21 Å². The maximum absolute atomic E-state index is 12.0. The summed E-state index contributed by atoms with van der Waals surface area (Å²) >= 11 is 0. The van der Waals surface area contributed by atoms with Crippen LogP contribution >= 0.6 is 0 Å². The van der Waals surface area contributed by atoms with Gasteiger partial charge in [-0.1, -0.05) is 44.2 Å². The summed E-state index contributed by atoms with van der Waals surface area (Å²) in [5.74, 6) is -0.0436. The maximum atomic E-state index is 12.0. The molecule has 6 nitrogen and oxygen atoms in total. The summed E-state index contributed by atoms with van der Waals surface area (Å²) < 4.78 is 0. The zero-order chi connectivity index (χ0) is 17.1. The minimum atomic E-state index is -0.408. The van der Waals surface area contributed by atoms with Gasteiger partial charge in [0.25, 0.3) is 5.91 Å². The fraction of sp³-hybridized carbons (Fsp3) is 0.167. The first kappa shape index (κ1) is 15.7. The van der Waals surface area contributed by atoms with Crippen LogP contribution in [0.5, 0.6) is 5.75 Å². The molecule has 24 heavy (non-hydrogen) atoms. The number of amides is 1. The van der Waals surface area contributed by atoms with Crippen LogP contribution in [0.15, 0.2) is 47.6 Å². The molecule has 3 N–H and O–H groups in total. The van der Waals surface area contributed by atoms with Crippen molar-refractivity contribution in [1.29, 1.82) is 0 Å². The summed E-state index contributed by atoms with van der Waals surface area (Å²) in [5, 5.41) is 22.6. The Bertz CT molecular complexity index is 912. The van der Waals surface area contributed by atoms with Gasteiger partial charge < -0.3 is 5.11 Å². The minimum Gasteiger partial charge on any atom is -0.507 e. The van der Waals surface area contributed by atoms with Gasteiger partial charge >= 0.3 is 0 Å². The van der Waals surface area contributed by atoms with Crippen molar-refractivity contribution in [2.24, 2.45) is 5.10 Å². The van der Waals surface area contributed by atoms with Gasteiger partial charge in [0.2, 0.25) is 0 Å². The molecular formula is C18H18N4O2. The molecule has 0 spiro atoms. The van der Waals surface area contributed by atoms with E-state index < -0.39 is 5.91 Å². The predicted molar refractivity (Wildman–Crippen MR) is 93.3 cm³/mol. The largest absolute Gasteiger partial charge is 0.507 e. The van der Waals surface area contributed by atoms with Crippen molar-refractivity contribution in [3.05, 3.63) is 59.4 Å². The molecule has 0 saturated carbocycles. The number of hydrazone groups is 1. The molecule has 0 bridgehead atoms. The number of phenols is 1. The standard InChI is InChI=1S/C18H18N4O2/c1-11(2)15-9-16(21-20-15)18(24)22-19-10-14-13-6-4-3-5-12(13)7-8-17(14)23/h3-11,23H,1-2H3,(H,20,21)(H,22,24)/b19-10+. The van der Waals surface area contributed by atoms with Gasteiger partial charge in [-0.15, -0.1) is 0 Å². The lowest BCUT2D eigenvalue weighted by molar-refractivity contribution is 0.0950. The number of carbonyl (C=O) groups excluding carboxylic acids is 1. The van der Waals surface area contributed by atoms with Crippen LogP contribution in [0, 0.1) is 0 Å². The zero-order valence-electron chi connectivity index (χ0n) is 13.4. The van der Waals surface area contributed by atoms with E-state index in [-0.39, 0.29) is 17.4 Å². The molecule has 2 aromatic carbocycles. The Morgan fingerprint density at radius 1 is 1.29 bits per heavy atom. The SMILES string of the molecule is CC(C)c1cc(C(=O)N/N=C/c2c(O)ccc3ccccc23)n[nH]1. The Labute approximate surface area is 139 Å². The van der Waals surface area contributed by atoms with Crippen LogP contribution in [0.1, 0.15) is 41.5 Å². The zero-order valence-corrected chi connectivity index (χ0v) is 13.4. The molecule has 1 heterocycles. The van der Waals surface area contributed by atoms with Crippen LogP contribution < -0.4 is 5.43 Å². The number of nitrogens with zero attached hydrogens (tertiary/aromatic N) is 2. The molecule has 0 aliphatic heterocycles. The van der Waals surface area contributed by atoms with Crippen LogP contribution in [0.2, 0.25) is 0 Å². The Morgan fingerprint density at radius 2 is 2.08 bits per heavy atom. The van der Waals surface area contributed by atoms with E-state index in [9.17, 15) is 9.90 Å². The first-order chi connectivity index (χ1) is 11.6. The summed E-state index contributed by atoms with van der Waals surface area (Å²) in [6.45, 7) is 4.02. The second-order valence-corrected chi connectivity index (χ2v) is 5.78. The molecule has 0 unspecified atom stereocenters. The van der Waals surface area contributed by atoms with E-state index in [1.807, 2.05) is 44.2 Å². The second-order valence-electron chi connectivity index (χ2n) is 5.78. The Hall–Kier alpha value is -3.15. The highest BCUT2D eigenvalue weighted by Crippen LogP contribution is 2.25. The van der Waals surface area contributed by atoms with Crippen LogP contribution in [-0.2, 0) is 0 Å². The molecule has 3 aromatic rings. The highest BCUT2D eigenvalue weighted by molar-refractivity contribution is 6.03. The highest BCUT2D eigenvalue weighted by Gasteiger charge is 2.11. The number of carbonyl (C=O) groups is 1. The van der Waals surface area contributed by atoms with Crippen molar-refractivity contribution in [2.75, 3.05) is 0 Å². The number of nitrogens with one attached hydrogen (secondary N) is 2. The third-order valence-corrected chi connectivity index (χ3v) is 3.76. The predicted octanol–water partition coefficient (Wildman–Crippen LogP) is 3.16. The normalized spacial score (nSPS) is 11.5. The Kier molecular flexibility index (Phi) is 4.29. The summed E-state index contributed by atoms with van der Waals surface area (Å²) in [6.07, 6.45) is 1.44. The molecule has 1 amide bonds. The fourth-order valence-corrected chi connectivity index (χ4v) is 2.38. The Balaban J connectivity index is 1.79. The number of aromatic nitrogens is 2. The van der Waals surface area contributed by atoms with Gasteiger partial charge in [-0.25, -0.2) is 5.43 Å². The number of phenolic OH excluding ortho intramolecular Hbond substituents is 1. The van der Waals surface area contributed by atoms with Gasteiger partial charge in [0.15, 0.2) is 5.69 Å². The molecule has 1 aromatic heterocycles. The van der Waals surface area contributed by atoms with Crippen LogP contribution in [0.4, 0.5) is 0 Å². The first-order valence-electron chi connectivity index (χ1n) is 7.65. The average Bonchev–Trinajstić information content (AvgIpc) is 3.07. The number of hydrogen-bond donors (Lipinski definition) is 3. The number of benzene rings is 2. The van der Waals surface area contributed by atoms with Crippen molar-refractivity contribution >= 4 is 22.9 Å². The minimum absolute atomic E-state index is 0.105. The third-order valence-electron chi connectivity index (χ3n) is 3.76. The van der Waals surface area contributed by atoms with Crippen molar-refractivity contribution in [3.63, 3.8) is 0 Å². The Morgan fingerprint density at radius 3 is 2.83 bits per heavy atom. The van der Waals surface area contributed by atoms with Gasteiger partial charge in [-0.3, -0.25) is 9.89 Å². The lowest BCUT2D eigenvalue weighted by atomic mass is 10.0. The summed E-state index contributed by atoms with van der Waals surface area (Å²) in [7, 11) is 0. The van der Waals surface area contributed by atoms with Gasteiger partial charge in [0.05, 0.1) is 6.21 Å². The molecule has 0 atom stereocenters. The quantitative estimate of drug-likeness (QED) is 0.509. The molecule has 6 heteroatoms. The van der Waals surface area contributed by atoms with Crippen LogP contribution in [0.3, 0.4) is 0 Å². The molecule has 122 valence electrons. The summed E-state index contributed by atoms with van der Waals surface area (Å²) in [5.41, 5.74) is 4.14. The number of aromatic hydroxyl groups is 1. The molecule has 3 rings (SSSR count). The van der Waals surface area contributed by atoms with E-state index in [1.54, 1.807) is 12.1 Å². The van der Waals surface area contributed by atoms with E-state index in [0.29, 0.717) is 5.56 Å². The average molecular weight is 322 g/mol. The fourth-order valence-electron chi connectivity index (χ4n) is 2.38. The van der Waals surface area contributed by atoms with Gasteiger partial charge in [0.1, 0.15) is 5.75 Å². The first-order valence-corrected chi connectivity index (χ1v) is 7.65. The number of fused-ring (bicyclic) bond motifs is 1. The van der Waals surface area contributed by atoms with Crippen molar-refractivity contribution in [2.45, 2.75) is 19.8 Å². The number of aromatic amines is 1. The second kappa shape index (κ2) is 6.54. The van der Waals surface area contributed by atoms with Gasteiger partial charge in [-0.2, -0.15) is 10.2 Å². The summed E-state index contributed by atoms with van der Waals surface area (Å²) in [6, 6.07) is 12.8. The van der Waals surface area contributed by atoms with Crippen molar-refractivity contribution < 1.29 is 9.90 Å². The number of hydrogen-bond acceptors (Lipinski definition) is 4. The molecule has 0 aliphatic rings. The lowest BCUT2D eigenvalue weighted by Crippen LogP contribution is -2.18. The monoisotopic (exact) mass is 322 g/mol. The maximum Gasteiger partial charge on any atom is 0.291 e. The molecule has 0 saturated heterocycles. The topological polar surface area (TPSA) is 90.4 Å². The van der Waals surface area contributed by atoms with E-state index in [0.717, 1.165) is 16.5 Å². The molecule has 0 fully saturated rings. The van der Waals surface area contributed by atoms with Crippen LogP contribution in [-0.4, -0.2) is 27.4 Å². The molecular weight excluding hydrogens is 304 g/mol. The third kappa shape index (κ3) is 3.12. The number of rotatable bonds is 4. The van der Waals surface area contributed by atoms with Gasteiger partial charge in [0, 0.05) is 11.3 Å². The summed E-state index contributed by atoms with van der Waals surface area (Å²) in [4.78, 5) is 12.0. The highest BCUT2D eigenvalue weighted by atomic mass is 16.3. The smallest absolute Gasteiger partial charge is 0.291 e. The van der Waals surface area contributed by atoms with E-state index >= 15 is 0 Å². The van der Waals surface area contributed by atoms with E-state index in [2.05, 4.69) is 20.7 Å². The van der Waals surface area contributed by atoms with Crippen molar-refractivity contribution in [1.82, 2.24) is 15.6 Å². The molecule has 0 radical (unpaired) electrons.